The predicted molar refractivity (Wildman–Crippen MR) is 126 cm³/mol. The number of pyridine rings is 1. The normalized spacial score (nSPS) is 11.8. The van der Waals surface area contributed by atoms with Crippen molar-refractivity contribution in [3.05, 3.63) is 94.6 Å². The predicted octanol–water partition coefficient (Wildman–Crippen LogP) is 5.87. The van der Waals surface area contributed by atoms with Gasteiger partial charge in [0.05, 0.1) is 21.3 Å². The topological polar surface area (TPSA) is 79.3 Å². The van der Waals surface area contributed by atoms with Gasteiger partial charge in [-0.2, -0.15) is 0 Å². The maximum atomic E-state index is 12.7. The number of aromatic nitrogens is 1. The van der Waals surface area contributed by atoms with E-state index in [4.69, 9.17) is 11.6 Å². The Morgan fingerprint density at radius 1 is 0.968 bits per heavy atom. The molecular formula is C24H19ClN2O3S. The Hall–Kier alpha value is -3.35. The number of aromatic hydroxyl groups is 1. The molecule has 156 valence electrons. The van der Waals surface area contributed by atoms with Gasteiger partial charge in [0.2, 0.25) is 0 Å². The summed E-state index contributed by atoms with van der Waals surface area (Å²) in [4.78, 5) is 4.55. The molecular weight excluding hydrogens is 432 g/mol. The van der Waals surface area contributed by atoms with Crippen LogP contribution in [0.1, 0.15) is 16.8 Å². The maximum absolute atomic E-state index is 12.7. The molecule has 5 nitrogen and oxygen atoms in total. The van der Waals surface area contributed by atoms with Gasteiger partial charge in [-0.1, -0.05) is 65.7 Å². The van der Waals surface area contributed by atoms with Gasteiger partial charge in [0.25, 0.3) is 10.0 Å². The first-order chi connectivity index (χ1) is 14.8. The van der Waals surface area contributed by atoms with E-state index in [9.17, 15) is 13.5 Å². The summed E-state index contributed by atoms with van der Waals surface area (Å²) >= 11 is 6.35. The molecule has 0 aliphatic heterocycles. The van der Waals surface area contributed by atoms with Crippen molar-refractivity contribution in [3.8, 4) is 5.75 Å². The van der Waals surface area contributed by atoms with Crippen molar-refractivity contribution in [2.24, 2.45) is 0 Å². The Bertz CT molecular complexity index is 1380. The largest absolute Gasteiger partial charge is 0.504 e. The van der Waals surface area contributed by atoms with Gasteiger partial charge < -0.3 is 5.11 Å². The molecule has 1 aromatic heterocycles. The van der Waals surface area contributed by atoms with Crippen molar-refractivity contribution in [2.45, 2.75) is 11.8 Å². The monoisotopic (exact) mass is 450 g/mol. The number of halogens is 1. The summed E-state index contributed by atoms with van der Waals surface area (Å²) in [6.45, 7) is 1.87. The van der Waals surface area contributed by atoms with E-state index in [1.54, 1.807) is 24.3 Å². The zero-order chi connectivity index (χ0) is 22.0. The van der Waals surface area contributed by atoms with Crippen LogP contribution in [0.25, 0.3) is 23.1 Å². The average Bonchev–Trinajstić information content (AvgIpc) is 2.76. The van der Waals surface area contributed by atoms with E-state index in [-0.39, 0.29) is 26.9 Å². The molecule has 0 amide bonds. The van der Waals surface area contributed by atoms with Crippen molar-refractivity contribution in [2.75, 3.05) is 4.72 Å². The molecule has 1 heterocycles. The lowest BCUT2D eigenvalue weighted by Gasteiger charge is -2.13. The van der Waals surface area contributed by atoms with Crippen molar-refractivity contribution in [3.63, 3.8) is 0 Å². The minimum atomic E-state index is -3.90. The lowest BCUT2D eigenvalue weighted by molar-refractivity contribution is 0.482. The first kappa shape index (κ1) is 20.9. The molecule has 0 fully saturated rings. The van der Waals surface area contributed by atoms with Gasteiger partial charge in [-0.25, -0.2) is 13.4 Å². The summed E-state index contributed by atoms with van der Waals surface area (Å²) in [7, 11) is -3.90. The fourth-order valence-electron chi connectivity index (χ4n) is 3.09. The van der Waals surface area contributed by atoms with Crippen LogP contribution in [0, 0.1) is 6.92 Å². The summed E-state index contributed by atoms with van der Waals surface area (Å²) in [6, 6.07) is 21.0. The summed E-state index contributed by atoms with van der Waals surface area (Å²) in [6.07, 6.45) is 3.71. The zero-order valence-corrected chi connectivity index (χ0v) is 18.2. The summed E-state index contributed by atoms with van der Waals surface area (Å²) in [5.74, 6) is -0.287. The highest BCUT2D eigenvalue weighted by molar-refractivity contribution is 7.92. The second kappa shape index (κ2) is 8.41. The number of phenolic OH excluding ortho intramolecular Hbond substituents is 1. The van der Waals surface area contributed by atoms with E-state index in [2.05, 4.69) is 9.71 Å². The zero-order valence-electron chi connectivity index (χ0n) is 16.6. The van der Waals surface area contributed by atoms with Crippen molar-refractivity contribution in [1.82, 2.24) is 4.98 Å². The second-order valence-corrected chi connectivity index (χ2v) is 9.14. The average molecular weight is 451 g/mol. The van der Waals surface area contributed by atoms with E-state index in [0.717, 1.165) is 11.1 Å². The highest BCUT2D eigenvalue weighted by Gasteiger charge is 2.19. The highest BCUT2D eigenvalue weighted by Crippen LogP contribution is 2.38. The molecule has 31 heavy (non-hydrogen) atoms. The molecule has 0 unspecified atom stereocenters. The van der Waals surface area contributed by atoms with E-state index < -0.39 is 10.0 Å². The minimum Gasteiger partial charge on any atom is -0.504 e. The lowest BCUT2D eigenvalue weighted by Crippen LogP contribution is -2.13. The van der Waals surface area contributed by atoms with Gasteiger partial charge in [-0.15, -0.1) is 0 Å². The second-order valence-electron chi connectivity index (χ2n) is 7.05. The molecule has 0 bridgehead atoms. The fourth-order valence-corrected chi connectivity index (χ4v) is 4.40. The van der Waals surface area contributed by atoms with Crippen LogP contribution in [0.5, 0.6) is 5.75 Å². The third-order valence-corrected chi connectivity index (χ3v) is 6.44. The number of hydrogen-bond acceptors (Lipinski definition) is 4. The van der Waals surface area contributed by atoms with Crippen LogP contribution < -0.4 is 4.72 Å². The van der Waals surface area contributed by atoms with Gasteiger partial charge in [-0.05, 0) is 48.9 Å². The fraction of sp³-hybridized carbons (Fsp3) is 0.0417. The molecule has 4 rings (SSSR count). The summed E-state index contributed by atoms with van der Waals surface area (Å²) in [5.41, 5.74) is 2.72. The quantitative estimate of drug-likeness (QED) is 0.372. The smallest absolute Gasteiger partial charge is 0.262 e. The number of nitrogens with one attached hydrogen (secondary N) is 1. The summed E-state index contributed by atoms with van der Waals surface area (Å²) < 4.78 is 27.9. The molecule has 0 spiro atoms. The van der Waals surface area contributed by atoms with Crippen molar-refractivity contribution < 1.29 is 13.5 Å². The first-order valence-corrected chi connectivity index (χ1v) is 11.3. The Balaban J connectivity index is 1.72. The minimum absolute atomic E-state index is 0.0326. The van der Waals surface area contributed by atoms with Gasteiger partial charge in [0, 0.05) is 5.39 Å². The van der Waals surface area contributed by atoms with E-state index >= 15 is 0 Å². The van der Waals surface area contributed by atoms with Gasteiger partial charge >= 0.3 is 0 Å². The van der Waals surface area contributed by atoms with Gasteiger partial charge in [0.1, 0.15) is 5.52 Å². The number of sulfonamides is 1. The van der Waals surface area contributed by atoms with Crippen LogP contribution in [0.15, 0.2) is 77.7 Å². The van der Waals surface area contributed by atoms with E-state index in [1.807, 2.05) is 49.4 Å². The Morgan fingerprint density at radius 3 is 2.39 bits per heavy atom. The van der Waals surface area contributed by atoms with Crippen LogP contribution in [-0.4, -0.2) is 18.5 Å². The van der Waals surface area contributed by atoms with Gasteiger partial charge in [0.15, 0.2) is 5.75 Å². The van der Waals surface area contributed by atoms with E-state index in [1.165, 1.54) is 18.2 Å². The van der Waals surface area contributed by atoms with Crippen molar-refractivity contribution >= 4 is 50.4 Å². The third kappa shape index (κ3) is 4.55. The number of hydrogen-bond donors (Lipinski definition) is 2. The molecule has 0 saturated heterocycles. The number of rotatable bonds is 5. The molecule has 0 radical (unpaired) electrons. The number of aryl methyl sites for hydroxylation is 1. The number of phenols is 1. The standard InChI is InChI=1S/C24H19ClN2O3S/c1-16-7-12-19(13-8-16)31(29,30)27-22-15-21(25)20-14-11-18(26-23(20)24(22)28)10-9-17-5-3-2-4-6-17/h2-15,27-28H,1H3/b10-9+. The molecule has 0 aliphatic carbocycles. The molecule has 3 aromatic carbocycles. The molecule has 0 atom stereocenters. The maximum Gasteiger partial charge on any atom is 0.262 e. The Morgan fingerprint density at radius 2 is 1.68 bits per heavy atom. The van der Waals surface area contributed by atoms with Crippen LogP contribution in [-0.2, 0) is 10.0 Å². The third-order valence-electron chi connectivity index (χ3n) is 4.75. The SMILES string of the molecule is Cc1ccc(S(=O)(=O)Nc2cc(Cl)c3ccc(/C=C/c4ccccc4)nc3c2O)cc1. The number of fused-ring (bicyclic) bond motifs is 1. The van der Waals surface area contributed by atoms with E-state index in [0.29, 0.717) is 11.1 Å². The Labute approximate surface area is 185 Å². The number of anilines is 1. The van der Waals surface area contributed by atoms with Crippen molar-refractivity contribution in [1.29, 1.82) is 0 Å². The lowest BCUT2D eigenvalue weighted by atomic mass is 10.1. The first-order valence-electron chi connectivity index (χ1n) is 9.48. The highest BCUT2D eigenvalue weighted by atomic mass is 35.5. The molecule has 0 aliphatic rings. The molecule has 7 heteroatoms. The van der Waals surface area contributed by atoms with Crippen LogP contribution in [0.2, 0.25) is 5.02 Å². The molecule has 0 saturated carbocycles. The molecule has 4 aromatic rings. The molecule has 2 N–H and O–H groups in total. The van der Waals surface area contributed by atoms with Crippen LogP contribution in [0.3, 0.4) is 0 Å². The van der Waals surface area contributed by atoms with Crippen LogP contribution >= 0.6 is 11.6 Å². The Kier molecular flexibility index (Phi) is 5.67. The summed E-state index contributed by atoms with van der Waals surface area (Å²) in [5, 5.41) is 11.6. The van der Waals surface area contributed by atoms with Gasteiger partial charge in [-0.3, -0.25) is 4.72 Å². The van der Waals surface area contributed by atoms with Crippen LogP contribution in [0.4, 0.5) is 5.69 Å². The number of nitrogens with zero attached hydrogens (tertiary/aromatic N) is 1. The number of benzene rings is 3.